The molecule has 4 nitrogen and oxygen atoms in total. The molecule has 19 heavy (non-hydrogen) atoms. The molecule has 0 aliphatic heterocycles. The number of aromatic nitrogens is 1. The molecule has 1 aliphatic rings. The molecule has 1 aliphatic carbocycles. The Labute approximate surface area is 118 Å². The van der Waals surface area contributed by atoms with Crippen LogP contribution in [0.4, 0.5) is 5.13 Å². The van der Waals surface area contributed by atoms with E-state index < -0.39 is 0 Å². The van der Waals surface area contributed by atoms with Crippen LogP contribution in [0.5, 0.6) is 0 Å². The third-order valence-corrected chi connectivity index (χ3v) is 4.08. The summed E-state index contributed by atoms with van der Waals surface area (Å²) in [5, 5.41) is 3.04. The molecule has 1 aromatic heterocycles. The van der Waals surface area contributed by atoms with Gasteiger partial charge in [-0.3, -0.25) is 4.79 Å². The maximum Gasteiger partial charge on any atom is 0.311 e. The van der Waals surface area contributed by atoms with Crippen LogP contribution >= 0.6 is 11.3 Å². The number of rotatable bonds is 8. The predicted octanol–water partition coefficient (Wildman–Crippen LogP) is 3.02. The second-order valence-corrected chi connectivity index (χ2v) is 5.72. The van der Waals surface area contributed by atoms with Crippen LogP contribution in [0.25, 0.3) is 0 Å². The van der Waals surface area contributed by atoms with Crippen molar-refractivity contribution in [2.45, 2.75) is 52.0 Å². The Balaban J connectivity index is 1.95. The second-order valence-electron chi connectivity index (χ2n) is 4.88. The van der Waals surface area contributed by atoms with Crippen LogP contribution < -0.4 is 4.90 Å². The lowest BCUT2D eigenvalue weighted by Gasteiger charge is -2.20. The first-order valence-corrected chi connectivity index (χ1v) is 7.99. The third-order valence-electron chi connectivity index (χ3n) is 3.16. The van der Waals surface area contributed by atoms with E-state index >= 15 is 0 Å². The minimum absolute atomic E-state index is 0.189. The van der Waals surface area contributed by atoms with Gasteiger partial charge in [0.1, 0.15) is 0 Å². The quantitative estimate of drug-likeness (QED) is 0.687. The highest BCUT2D eigenvalue weighted by atomic mass is 32.1. The molecule has 1 aromatic rings. The van der Waals surface area contributed by atoms with Gasteiger partial charge in [-0.2, -0.15) is 0 Å². The molecule has 0 aromatic carbocycles. The summed E-state index contributed by atoms with van der Waals surface area (Å²) in [6.07, 6.45) is 5.23. The molecule has 0 bridgehead atoms. The van der Waals surface area contributed by atoms with Crippen molar-refractivity contribution in [1.82, 2.24) is 4.98 Å². The molecule has 0 radical (unpaired) electrons. The third kappa shape index (κ3) is 4.20. The lowest BCUT2D eigenvalue weighted by atomic mass is 10.3. The first-order valence-electron chi connectivity index (χ1n) is 7.11. The number of thiazole rings is 1. The van der Waals surface area contributed by atoms with Gasteiger partial charge >= 0.3 is 5.97 Å². The number of ether oxygens (including phenoxy) is 1. The van der Waals surface area contributed by atoms with E-state index in [0.717, 1.165) is 17.4 Å². The summed E-state index contributed by atoms with van der Waals surface area (Å²) in [5.41, 5.74) is 0.834. The van der Waals surface area contributed by atoms with Gasteiger partial charge in [0.25, 0.3) is 0 Å². The zero-order chi connectivity index (χ0) is 13.7. The molecular weight excluding hydrogens is 260 g/mol. The van der Waals surface area contributed by atoms with Crippen molar-refractivity contribution in [3.8, 4) is 0 Å². The highest BCUT2D eigenvalue weighted by molar-refractivity contribution is 7.13. The summed E-state index contributed by atoms with van der Waals surface area (Å²) in [6, 6.07) is 0.674. The van der Waals surface area contributed by atoms with E-state index in [2.05, 4.69) is 16.8 Å². The van der Waals surface area contributed by atoms with E-state index in [1.807, 2.05) is 12.3 Å². The van der Waals surface area contributed by atoms with Gasteiger partial charge in [0.2, 0.25) is 0 Å². The van der Waals surface area contributed by atoms with E-state index in [9.17, 15) is 4.79 Å². The van der Waals surface area contributed by atoms with Gasteiger partial charge in [-0.1, -0.05) is 13.3 Å². The van der Waals surface area contributed by atoms with Crippen LogP contribution in [-0.4, -0.2) is 30.1 Å². The number of esters is 1. The minimum atomic E-state index is -0.189. The number of carbonyl (C=O) groups is 1. The largest absolute Gasteiger partial charge is 0.466 e. The number of anilines is 1. The van der Waals surface area contributed by atoms with Crippen LogP contribution in [-0.2, 0) is 16.0 Å². The molecule has 0 unspecified atom stereocenters. The van der Waals surface area contributed by atoms with E-state index in [1.165, 1.54) is 25.7 Å². The van der Waals surface area contributed by atoms with Crippen LogP contribution in [0.2, 0.25) is 0 Å². The molecule has 5 heteroatoms. The summed E-state index contributed by atoms with van der Waals surface area (Å²) in [7, 11) is 0. The van der Waals surface area contributed by atoms with Crippen LogP contribution in [0.1, 0.15) is 45.2 Å². The van der Waals surface area contributed by atoms with E-state index in [0.29, 0.717) is 12.6 Å². The first-order chi connectivity index (χ1) is 9.24. The average Bonchev–Trinajstić information content (AvgIpc) is 3.11. The zero-order valence-electron chi connectivity index (χ0n) is 11.7. The monoisotopic (exact) mass is 282 g/mol. The van der Waals surface area contributed by atoms with Gasteiger partial charge in [0, 0.05) is 18.0 Å². The maximum atomic E-state index is 11.4. The molecule has 0 N–H and O–H groups in total. The fourth-order valence-electron chi connectivity index (χ4n) is 2.02. The minimum Gasteiger partial charge on any atom is -0.466 e. The van der Waals surface area contributed by atoms with Crippen LogP contribution in [0.3, 0.4) is 0 Å². The number of hydrogen-bond acceptors (Lipinski definition) is 5. The number of unbranched alkanes of at least 4 members (excludes halogenated alkanes) is 1. The summed E-state index contributed by atoms with van der Waals surface area (Å²) < 4.78 is 4.95. The molecule has 0 atom stereocenters. The van der Waals surface area contributed by atoms with Crippen molar-refractivity contribution < 1.29 is 9.53 Å². The summed E-state index contributed by atoms with van der Waals surface area (Å²) in [4.78, 5) is 18.4. The van der Waals surface area contributed by atoms with Crippen LogP contribution in [0.15, 0.2) is 5.38 Å². The lowest BCUT2D eigenvalue weighted by Crippen LogP contribution is -2.26. The predicted molar refractivity (Wildman–Crippen MR) is 77.7 cm³/mol. The highest BCUT2D eigenvalue weighted by Crippen LogP contribution is 2.33. The van der Waals surface area contributed by atoms with Crippen molar-refractivity contribution in [3.05, 3.63) is 11.1 Å². The topological polar surface area (TPSA) is 42.4 Å². The molecule has 0 saturated heterocycles. The smallest absolute Gasteiger partial charge is 0.311 e. The Hall–Kier alpha value is -1.10. The molecule has 106 valence electrons. The zero-order valence-corrected chi connectivity index (χ0v) is 12.5. The number of carbonyl (C=O) groups excluding carboxylic acids is 1. The van der Waals surface area contributed by atoms with Gasteiger partial charge in [0.05, 0.1) is 18.7 Å². The van der Waals surface area contributed by atoms with Gasteiger partial charge < -0.3 is 9.64 Å². The average molecular weight is 282 g/mol. The fourth-order valence-corrected chi connectivity index (χ4v) is 2.94. The van der Waals surface area contributed by atoms with Crippen molar-refractivity contribution in [3.63, 3.8) is 0 Å². The normalized spacial score (nSPS) is 14.4. The lowest BCUT2D eigenvalue weighted by molar-refractivity contribution is -0.142. The van der Waals surface area contributed by atoms with Gasteiger partial charge in [-0.05, 0) is 26.2 Å². The Bertz CT molecular complexity index is 415. The van der Waals surface area contributed by atoms with Crippen molar-refractivity contribution >= 4 is 22.4 Å². The van der Waals surface area contributed by atoms with Gasteiger partial charge in [0.15, 0.2) is 5.13 Å². The highest BCUT2D eigenvalue weighted by Gasteiger charge is 2.30. The number of hydrogen-bond donors (Lipinski definition) is 0. The van der Waals surface area contributed by atoms with Crippen molar-refractivity contribution in [2.75, 3.05) is 18.1 Å². The molecule has 1 fully saturated rings. The first kappa shape index (κ1) is 14.3. The van der Waals surface area contributed by atoms with Crippen molar-refractivity contribution in [2.24, 2.45) is 0 Å². The molecule has 0 spiro atoms. The molecular formula is C14H22N2O2S. The van der Waals surface area contributed by atoms with Gasteiger partial charge in [-0.15, -0.1) is 11.3 Å². The Morgan fingerprint density at radius 1 is 1.53 bits per heavy atom. The summed E-state index contributed by atoms with van der Waals surface area (Å²) in [6.45, 7) is 5.54. The van der Waals surface area contributed by atoms with Crippen molar-refractivity contribution in [1.29, 1.82) is 0 Å². The number of nitrogens with zero attached hydrogens (tertiary/aromatic N) is 2. The molecule has 1 saturated carbocycles. The summed E-state index contributed by atoms with van der Waals surface area (Å²) in [5.74, 6) is -0.189. The molecule has 0 amide bonds. The fraction of sp³-hybridized carbons (Fsp3) is 0.714. The maximum absolute atomic E-state index is 11.4. The Kier molecular flexibility index (Phi) is 5.19. The van der Waals surface area contributed by atoms with E-state index in [1.54, 1.807) is 11.3 Å². The van der Waals surface area contributed by atoms with Gasteiger partial charge in [-0.25, -0.2) is 4.98 Å². The van der Waals surface area contributed by atoms with Crippen LogP contribution in [0, 0.1) is 0 Å². The summed E-state index contributed by atoms with van der Waals surface area (Å²) >= 11 is 1.64. The van der Waals surface area contributed by atoms with E-state index in [-0.39, 0.29) is 12.4 Å². The SMILES string of the molecule is CCCCN(c1nc(CC(=O)OCC)cs1)C1CC1. The second kappa shape index (κ2) is 6.89. The van der Waals surface area contributed by atoms with E-state index in [4.69, 9.17) is 4.74 Å². The standard InChI is InChI=1S/C14H22N2O2S/c1-3-5-8-16(12-6-7-12)14-15-11(10-19-14)9-13(17)18-4-2/h10,12H,3-9H2,1-2H3. The molecule has 1 heterocycles. The molecule has 2 rings (SSSR count). The Morgan fingerprint density at radius 2 is 2.32 bits per heavy atom. The Morgan fingerprint density at radius 3 is 2.95 bits per heavy atom.